The Balaban J connectivity index is 2.03. The van der Waals surface area contributed by atoms with Crippen LogP contribution in [0.3, 0.4) is 0 Å². The summed E-state index contributed by atoms with van der Waals surface area (Å²) in [4.78, 5) is 22.1. The average molecular weight is 276 g/mol. The Bertz CT molecular complexity index is 547. The van der Waals surface area contributed by atoms with E-state index in [4.69, 9.17) is 14.6 Å². The molecule has 0 amide bonds. The van der Waals surface area contributed by atoms with Crippen molar-refractivity contribution in [3.8, 4) is 11.5 Å². The normalized spacial score (nSPS) is 18.4. The number of aliphatic carboxylic acids is 1. The van der Waals surface area contributed by atoms with Gasteiger partial charge in [0.15, 0.2) is 17.8 Å². The van der Waals surface area contributed by atoms with Crippen LogP contribution in [-0.2, 0) is 4.79 Å². The van der Waals surface area contributed by atoms with E-state index in [0.29, 0.717) is 36.2 Å². The van der Waals surface area contributed by atoms with Gasteiger partial charge in [0.25, 0.3) is 0 Å². The zero-order chi connectivity index (χ0) is 14.1. The molecule has 5 heteroatoms. The second kappa shape index (κ2) is 5.15. The van der Waals surface area contributed by atoms with Crippen molar-refractivity contribution in [3.63, 3.8) is 0 Å². The molecule has 3 rings (SSSR count). The highest BCUT2D eigenvalue weighted by molar-refractivity contribution is 5.82. The summed E-state index contributed by atoms with van der Waals surface area (Å²) in [5.74, 6) is 0.525. The van der Waals surface area contributed by atoms with E-state index in [1.807, 2.05) is 6.07 Å². The molecule has 1 saturated carbocycles. The minimum Gasteiger partial charge on any atom is -0.486 e. The predicted octanol–water partition coefficient (Wildman–Crippen LogP) is 2.24. The first-order valence-corrected chi connectivity index (χ1v) is 6.80. The number of carbonyl (C=O) groups is 2. The van der Waals surface area contributed by atoms with Crippen LogP contribution in [0, 0.1) is 5.92 Å². The summed E-state index contributed by atoms with van der Waals surface area (Å²) in [5.41, 5.74) is 1.31. The van der Waals surface area contributed by atoms with Crippen LogP contribution in [0.5, 0.6) is 11.5 Å². The number of rotatable bonds is 5. The van der Waals surface area contributed by atoms with Crippen LogP contribution >= 0.6 is 0 Å². The summed E-state index contributed by atoms with van der Waals surface area (Å²) in [6, 6.07) is 3.50. The fourth-order valence-corrected chi connectivity index (χ4v) is 2.78. The number of hydrogen-bond acceptors (Lipinski definition) is 4. The van der Waals surface area contributed by atoms with Gasteiger partial charge in [0, 0.05) is 11.5 Å². The van der Waals surface area contributed by atoms with Crippen molar-refractivity contribution in [2.45, 2.75) is 25.2 Å². The van der Waals surface area contributed by atoms with E-state index in [1.165, 1.54) is 0 Å². The van der Waals surface area contributed by atoms with E-state index < -0.39 is 5.97 Å². The summed E-state index contributed by atoms with van der Waals surface area (Å²) in [6.45, 7) is 0.830. The monoisotopic (exact) mass is 276 g/mol. The van der Waals surface area contributed by atoms with Crippen LogP contribution in [0.4, 0.5) is 0 Å². The van der Waals surface area contributed by atoms with Gasteiger partial charge in [-0.25, -0.2) is 0 Å². The van der Waals surface area contributed by atoms with Crippen molar-refractivity contribution in [2.75, 3.05) is 13.2 Å². The van der Waals surface area contributed by atoms with Gasteiger partial charge in [0.2, 0.25) is 0 Å². The molecule has 0 saturated heterocycles. The van der Waals surface area contributed by atoms with Crippen molar-refractivity contribution in [1.82, 2.24) is 0 Å². The third kappa shape index (κ3) is 2.35. The van der Waals surface area contributed by atoms with Gasteiger partial charge < -0.3 is 14.6 Å². The van der Waals surface area contributed by atoms with E-state index in [0.717, 1.165) is 24.7 Å². The number of ether oxygens (including phenoxy) is 2. The Kier molecular flexibility index (Phi) is 3.34. The van der Waals surface area contributed by atoms with Gasteiger partial charge in [-0.1, -0.05) is 6.07 Å². The molecule has 1 unspecified atom stereocenters. The molecule has 0 spiro atoms. The maximum atomic E-state index is 11.1. The lowest BCUT2D eigenvalue weighted by molar-refractivity contribution is -0.137. The summed E-state index contributed by atoms with van der Waals surface area (Å²) in [7, 11) is 0. The third-order valence-corrected chi connectivity index (χ3v) is 3.86. The molecule has 1 aromatic carbocycles. The zero-order valence-electron chi connectivity index (χ0n) is 11.0. The first-order valence-electron chi connectivity index (χ1n) is 6.80. The van der Waals surface area contributed by atoms with Gasteiger partial charge in [-0.05, 0) is 24.8 Å². The zero-order valence-corrected chi connectivity index (χ0v) is 11.0. The highest BCUT2D eigenvalue weighted by atomic mass is 16.6. The molecular formula is C15H16O5. The number of fused-ring (bicyclic) bond motifs is 1. The molecule has 106 valence electrons. The fourth-order valence-electron chi connectivity index (χ4n) is 2.78. The van der Waals surface area contributed by atoms with Crippen LogP contribution in [-0.4, -0.2) is 30.6 Å². The van der Waals surface area contributed by atoms with Crippen molar-refractivity contribution in [1.29, 1.82) is 0 Å². The highest BCUT2D eigenvalue weighted by Crippen LogP contribution is 2.50. The largest absolute Gasteiger partial charge is 0.486 e. The molecule has 1 aromatic rings. The van der Waals surface area contributed by atoms with E-state index >= 15 is 0 Å². The number of carbonyl (C=O) groups excluding carboxylic acids is 1. The number of carboxylic acid groups (broad SMARTS) is 1. The first kappa shape index (κ1) is 13.0. The predicted molar refractivity (Wildman–Crippen MR) is 70.5 cm³/mol. The minimum absolute atomic E-state index is 0.0661. The molecule has 0 aromatic heterocycles. The van der Waals surface area contributed by atoms with E-state index in [2.05, 4.69) is 0 Å². The maximum absolute atomic E-state index is 11.1. The Morgan fingerprint density at radius 3 is 2.60 bits per heavy atom. The Morgan fingerprint density at radius 2 is 2.00 bits per heavy atom. The van der Waals surface area contributed by atoms with E-state index in [1.54, 1.807) is 6.07 Å². The van der Waals surface area contributed by atoms with E-state index in [9.17, 15) is 9.59 Å². The van der Waals surface area contributed by atoms with Crippen molar-refractivity contribution >= 4 is 12.3 Å². The van der Waals surface area contributed by atoms with Gasteiger partial charge in [0.1, 0.15) is 13.2 Å². The maximum Gasteiger partial charge on any atom is 0.303 e. The number of benzene rings is 1. The SMILES string of the molecule is O=Cc1ccc(C(CC(=O)O)C2CC2)c2c1OCCO2. The number of aldehydes is 1. The molecule has 1 heterocycles. The smallest absolute Gasteiger partial charge is 0.303 e. The third-order valence-electron chi connectivity index (χ3n) is 3.86. The molecular weight excluding hydrogens is 260 g/mol. The molecule has 1 atom stereocenters. The van der Waals surface area contributed by atoms with E-state index in [-0.39, 0.29) is 12.3 Å². The molecule has 1 aliphatic carbocycles. The molecule has 1 aliphatic heterocycles. The molecule has 20 heavy (non-hydrogen) atoms. The summed E-state index contributed by atoms with van der Waals surface area (Å²) in [5, 5.41) is 9.10. The Morgan fingerprint density at radius 1 is 1.30 bits per heavy atom. The number of hydrogen-bond donors (Lipinski definition) is 1. The Hall–Kier alpha value is -2.04. The summed E-state index contributed by atoms with van der Waals surface area (Å²) >= 11 is 0. The Labute approximate surface area is 116 Å². The molecule has 0 radical (unpaired) electrons. The standard InChI is InChI=1S/C15H16O5/c16-8-10-3-4-11(15-14(10)19-5-6-20-15)12(7-13(17)18)9-1-2-9/h3-4,8-9,12H,1-2,5-7H2,(H,17,18). The molecule has 1 N–H and O–H groups in total. The second-order valence-electron chi connectivity index (χ2n) is 5.26. The quantitative estimate of drug-likeness (QED) is 0.835. The van der Waals surface area contributed by atoms with Crippen LogP contribution < -0.4 is 9.47 Å². The van der Waals surface area contributed by atoms with Gasteiger partial charge in [-0.2, -0.15) is 0 Å². The van der Waals surface area contributed by atoms with Crippen LogP contribution in [0.15, 0.2) is 12.1 Å². The van der Waals surface area contributed by atoms with Crippen LogP contribution in [0.1, 0.15) is 41.1 Å². The van der Waals surface area contributed by atoms with Gasteiger partial charge >= 0.3 is 5.97 Å². The van der Waals surface area contributed by atoms with Crippen molar-refractivity contribution in [2.24, 2.45) is 5.92 Å². The molecule has 2 aliphatic rings. The number of carboxylic acids is 1. The second-order valence-corrected chi connectivity index (χ2v) is 5.26. The summed E-state index contributed by atoms with van der Waals surface area (Å²) in [6.07, 6.45) is 2.91. The lowest BCUT2D eigenvalue weighted by atomic mass is 9.89. The highest BCUT2D eigenvalue weighted by Gasteiger charge is 2.37. The first-order chi connectivity index (χ1) is 9.70. The van der Waals surface area contributed by atoms with Gasteiger partial charge in [-0.3, -0.25) is 9.59 Å². The fraction of sp³-hybridized carbons (Fsp3) is 0.467. The van der Waals surface area contributed by atoms with Crippen LogP contribution in [0.2, 0.25) is 0 Å². The summed E-state index contributed by atoms with van der Waals surface area (Å²) < 4.78 is 11.2. The lowest BCUT2D eigenvalue weighted by Gasteiger charge is -2.25. The molecule has 5 nitrogen and oxygen atoms in total. The average Bonchev–Trinajstić information content (AvgIpc) is 3.28. The van der Waals surface area contributed by atoms with Crippen molar-refractivity contribution < 1.29 is 24.2 Å². The van der Waals surface area contributed by atoms with Crippen molar-refractivity contribution in [3.05, 3.63) is 23.3 Å². The van der Waals surface area contributed by atoms with Crippen LogP contribution in [0.25, 0.3) is 0 Å². The topological polar surface area (TPSA) is 72.8 Å². The minimum atomic E-state index is -0.813. The molecule has 0 bridgehead atoms. The lowest BCUT2D eigenvalue weighted by Crippen LogP contribution is -2.19. The van der Waals surface area contributed by atoms with Gasteiger partial charge in [-0.15, -0.1) is 0 Å². The van der Waals surface area contributed by atoms with Gasteiger partial charge in [0.05, 0.1) is 12.0 Å². The molecule has 1 fully saturated rings.